The molecule has 4 heteroatoms. The van der Waals surface area contributed by atoms with Gasteiger partial charge in [-0.3, -0.25) is 9.59 Å². The van der Waals surface area contributed by atoms with Crippen molar-refractivity contribution < 1.29 is 9.59 Å². The van der Waals surface area contributed by atoms with Crippen molar-refractivity contribution in [1.29, 1.82) is 0 Å². The Kier molecular flexibility index (Phi) is 9.49. The number of nitrogens with two attached hydrogens (primary N) is 1. The first kappa shape index (κ1) is 15.9. The standard InChI is InChI=1S/C13H26N2O2/c1-11(2)13(17)15-10-8-6-4-3-5-7-9-12(14)16/h11H,3-10H2,1-2H3,(H2,14,16)(H,15,17). The molecular weight excluding hydrogens is 216 g/mol. The van der Waals surface area contributed by atoms with Crippen LogP contribution in [0.5, 0.6) is 0 Å². The minimum atomic E-state index is -0.207. The smallest absolute Gasteiger partial charge is 0.222 e. The van der Waals surface area contributed by atoms with Crippen molar-refractivity contribution in [1.82, 2.24) is 5.32 Å². The summed E-state index contributed by atoms with van der Waals surface area (Å²) in [5.74, 6) is -0.00310. The highest BCUT2D eigenvalue weighted by Gasteiger charge is 2.04. The Balaban J connectivity index is 3.14. The summed E-state index contributed by atoms with van der Waals surface area (Å²) in [5, 5.41) is 2.90. The van der Waals surface area contributed by atoms with Gasteiger partial charge in [-0.05, 0) is 12.8 Å². The molecule has 0 radical (unpaired) electrons. The topological polar surface area (TPSA) is 72.2 Å². The Morgan fingerprint density at radius 3 is 2.06 bits per heavy atom. The fourth-order valence-electron chi connectivity index (χ4n) is 1.55. The van der Waals surface area contributed by atoms with Crippen LogP contribution in [0.2, 0.25) is 0 Å². The number of carbonyl (C=O) groups excluding carboxylic acids is 2. The molecule has 0 saturated carbocycles. The van der Waals surface area contributed by atoms with E-state index in [9.17, 15) is 9.59 Å². The fraction of sp³-hybridized carbons (Fsp3) is 0.846. The monoisotopic (exact) mass is 242 g/mol. The van der Waals surface area contributed by atoms with Gasteiger partial charge in [-0.2, -0.15) is 0 Å². The van der Waals surface area contributed by atoms with Gasteiger partial charge in [0.15, 0.2) is 0 Å². The van der Waals surface area contributed by atoms with Crippen molar-refractivity contribution in [3.8, 4) is 0 Å². The van der Waals surface area contributed by atoms with E-state index in [1.807, 2.05) is 13.8 Å². The highest BCUT2D eigenvalue weighted by Crippen LogP contribution is 2.06. The molecule has 0 aliphatic rings. The molecule has 100 valence electrons. The molecule has 2 amide bonds. The molecule has 0 aromatic rings. The molecule has 0 rings (SSSR count). The van der Waals surface area contributed by atoms with Crippen LogP contribution in [0, 0.1) is 5.92 Å². The number of unbranched alkanes of at least 4 members (excludes halogenated alkanes) is 5. The third-order valence-electron chi connectivity index (χ3n) is 2.67. The van der Waals surface area contributed by atoms with Crippen molar-refractivity contribution in [3.05, 3.63) is 0 Å². The van der Waals surface area contributed by atoms with Gasteiger partial charge >= 0.3 is 0 Å². The predicted octanol–water partition coefficient (Wildman–Crippen LogP) is 1.97. The number of hydrogen-bond acceptors (Lipinski definition) is 2. The third kappa shape index (κ3) is 11.2. The lowest BCUT2D eigenvalue weighted by atomic mass is 10.1. The summed E-state index contributed by atoms with van der Waals surface area (Å²) >= 11 is 0. The Hall–Kier alpha value is -1.06. The molecule has 0 unspecified atom stereocenters. The largest absolute Gasteiger partial charge is 0.370 e. The van der Waals surface area contributed by atoms with Crippen LogP contribution in [-0.4, -0.2) is 18.4 Å². The van der Waals surface area contributed by atoms with Gasteiger partial charge in [0.25, 0.3) is 0 Å². The van der Waals surface area contributed by atoms with E-state index in [2.05, 4.69) is 5.32 Å². The summed E-state index contributed by atoms with van der Waals surface area (Å²) in [7, 11) is 0. The first-order valence-corrected chi connectivity index (χ1v) is 6.60. The summed E-state index contributed by atoms with van der Waals surface area (Å²) in [6.07, 6.45) is 6.95. The van der Waals surface area contributed by atoms with Gasteiger partial charge in [-0.25, -0.2) is 0 Å². The van der Waals surface area contributed by atoms with Gasteiger partial charge in [0, 0.05) is 18.9 Å². The molecule has 3 N–H and O–H groups in total. The zero-order valence-electron chi connectivity index (χ0n) is 11.1. The van der Waals surface area contributed by atoms with Crippen LogP contribution in [0.1, 0.15) is 58.8 Å². The van der Waals surface area contributed by atoms with Crippen LogP contribution < -0.4 is 11.1 Å². The number of amides is 2. The van der Waals surface area contributed by atoms with Crippen molar-refractivity contribution >= 4 is 11.8 Å². The average molecular weight is 242 g/mol. The zero-order valence-corrected chi connectivity index (χ0v) is 11.1. The molecule has 0 aromatic heterocycles. The highest BCUT2D eigenvalue weighted by molar-refractivity contribution is 5.77. The van der Waals surface area contributed by atoms with E-state index in [1.54, 1.807) is 0 Å². The van der Waals surface area contributed by atoms with E-state index in [4.69, 9.17) is 5.73 Å². The lowest BCUT2D eigenvalue weighted by Gasteiger charge is -2.07. The molecule has 0 aromatic carbocycles. The molecule has 0 spiro atoms. The summed E-state index contributed by atoms with van der Waals surface area (Å²) in [6.45, 7) is 4.57. The van der Waals surface area contributed by atoms with Crippen LogP contribution in [-0.2, 0) is 9.59 Å². The second-order valence-electron chi connectivity index (χ2n) is 4.78. The molecule has 4 nitrogen and oxygen atoms in total. The lowest BCUT2D eigenvalue weighted by molar-refractivity contribution is -0.124. The maximum absolute atomic E-state index is 11.2. The van der Waals surface area contributed by atoms with Crippen molar-refractivity contribution in [2.45, 2.75) is 58.8 Å². The van der Waals surface area contributed by atoms with Gasteiger partial charge in [0.2, 0.25) is 11.8 Å². The van der Waals surface area contributed by atoms with E-state index < -0.39 is 0 Å². The lowest BCUT2D eigenvalue weighted by Crippen LogP contribution is -2.28. The second kappa shape index (κ2) is 10.1. The van der Waals surface area contributed by atoms with Gasteiger partial charge in [0.1, 0.15) is 0 Å². The van der Waals surface area contributed by atoms with E-state index >= 15 is 0 Å². The quantitative estimate of drug-likeness (QED) is 0.575. The molecule has 0 fully saturated rings. The average Bonchev–Trinajstić information content (AvgIpc) is 2.25. The van der Waals surface area contributed by atoms with Crippen molar-refractivity contribution in [2.24, 2.45) is 11.7 Å². The van der Waals surface area contributed by atoms with E-state index in [1.165, 1.54) is 0 Å². The van der Waals surface area contributed by atoms with Crippen LogP contribution in [0.4, 0.5) is 0 Å². The molecule has 0 heterocycles. The highest BCUT2D eigenvalue weighted by atomic mass is 16.2. The Labute approximate surface area is 104 Å². The first-order valence-electron chi connectivity index (χ1n) is 6.60. The summed E-state index contributed by atoms with van der Waals surface area (Å²) in [6, 6.07) is 0. The van der Waals surface area contributed by atoms with E-state index in [0.717, 1.165) is 45.1 Å². The Morgan fingerprint density at radius 1 is 1.00 bits per heavy atom. The normalized spacial score (nSPS) is 10.5. The number of carbonyl (C=O) groups is 2. The van der Waals surface area contributed by atoms with Crippen molar-refractivity contribution in [3.63, 3.8) is 0 Å². The molecule has 0 bridgehead atoms. The predicted molar refractivity (Wildman–Crippen MR) is 69.4 cm³/mol. The fourth-order valence-corrected chi connectivity index (χ4v) is 1.55. The Morgan fingerprint density at radius 2 is 1.53 bits per heavy atom. The van der Waals surface area contributed by atoms with Crippen molar-refractivity contribution in [2.75, 3.05) is 6.54 Å². The van der Waals surface area contributed by atoms with E-state index in [0.29, 0.717) is 6.42 Å². The van der Waals surface area contributed by atoms with Crippen LogP contribution in [0.25, 0.3) is 0 Å². The molecule has 0 aliphatic carbocycles. The van der Waals surface area contributed by atoms with Crippen LogP contribution >= 0.6 is 0 Å². The molecule has 17 heavy (non-hydrogen) atoms. The number of primary amides is 1. The summed E-state index contributed by atoms with van der Waals surface area (Å²) in [4.78, 5) is 21.7. The van der Waals surface area contributed by atoms with Gasteiger partial charge < -0.3 is 11.1 Å². The number of rotatable bonds is 10. The van der Waals surface area contributed by atoms with E-state index in [-0.39, 0.29) is 17.7 Å². The van der Waals surface area contributed by atoms with Gasteiger partial charge in [-0.1, -0.05) is 39.5 Å². The maximum Gasteiger partial charge on any atom is 0.222 e. The molecule has 0 aliphatic heterocycles. The van der Waals surface area contributed by atoms with Gasteiger partial charge in [0.05, 0.1) is 0 Å². The maximum atomic E-state index is 11.2. The Bertz CT molecular complexity index is 227. The summed E-state index contributed by atoms with van der Waals surface area (Å²) in [5.41, 5.74) is 5.05. The molecular formula is C13H26N2O2. The zero-order chi connectivity index (χ0) is 13.1. The van der Waals surface area contributed by atoms with Crippen LogP contribution in [0.15, 0.2) is 0 Å². The van der Waals surface area contributed by atoms with Crippen LogP contribution in [0.3, 0.4) is 0 Å². The molecule has 0 atom stereocenters. The molecule has 0 saturated heterocycles. The second-order valence-corrected chi connectivity index (χ2v) is 4.78. The minimum Gasteiger partial charge on any atom is -0.370 e. The SMILES string of the molecule is CC(C)C(=O)NCCCCCCCCC(N)=O. The van der Waals surface area contributed by atoms with Gasteiger partial charge in [-0.15, -0.1) is 0 Å². The number of hydrogen-bond donors (Lipinski definition) is 2. The summed E-state index contributed by atoms with van der Waals surface area (Å²) < 4.78 is 0. The number of nitrogens with one attached hydrogen (secondary N) is 1. The minimum absolute atomic E-state index is 0.0730. The first-order chi connectivity index (χ1) is 8.04. The third-order valence-corrected chi connectivity index (χ3v) is 2.67.